The fraction of sp³-hybridized carbons (Fsp3) is 0.190. The molecule has 0 fully saturated rings. The Bertz CT molecular complexity index is 1180. The molecule has 0 saturated carbocycles. The van der Waals surface area contributed by atoms with Gasteiger partial charge in [-0.1, -0.05) is 24.3 Å². The highest BCUT2D eigenvalue weighted by atomic mass is 16.1. The van der Waals surface area contributed by atoms with E-state index in [2.05, 4.69) is 25.9 Å². The van der Waals surface area contributed by atoms with E-state index < -0.39 is 0 Å². The Hall–Kier alpha value is -3.81. The Kier molecular flexibility index (Phi) is 4.90. The number of aromatic nitrogens is 6. The second kappa shape index (κ2) is 7.67. The van der Waals surface area contributed by atoms with Crippen LogP contribution in [0.15, 0.2) is 54.6 Å². The number of nitrogens with one attached hydrogen (secondary N) is 1. The number of rotatable bonds is 5. The predicted octanol–water partition coefficient (Wildman–Crippen LogP) is 2.99. The van der Waals surface area contributed by atoms with Crippen molar-refractivity contribution in [3.8, 4) is 11.4 Å². The zero-order valence-electron chi connectivity index (χ0n) is 16.5. The fourth-order valence-electron chi connectivity index (χ4n) is 3.23. The van der Waals surface area contributed by atoms with Crippen LogP contribution in [0.25, 0.3) is 11.4 Å². The zero-order chi connectivity index (χ0) is 20.4. The van der Waals surface area contributed by atoms with Gasteiger partial charge in [-0.15, -0.1) is 5.10 Å². The molecule has 2 aromatic heterocycles. The van der Waals surface area contributed by atoms with Crippen molar-refractivity contribution in [2.75, 3.05) is 5.32 Å². The second-order valence-electron chi connectivity index (χ2n) is 6.95. The van der Waals surface area contributed by atoms with Crippen LogP contribution in [0, 0.1) is 13.8 Å². The van der Waals surface area contributed by atoms with Gasteiger partial charge in [0, 0.05) is 29.6 Å². The van der Waals surface area contributed by atoms with Crippen LogP contribution in [0.2, 0.25) is 0 Å². The van der Waals surface area contributed by atoms with E-state index in [1.54, 1.807) is 23.9 Å². The van der Waals surface area contributed by atoms with Crippen LogP contribution in [0.5, 0.6) is 0 Å². The van der Waals surface area contributed by atoms with Crippen LogP contribution in [-0.2, 0) is 13.6 Å². The number of carbonyl (C=O) groups is 1. The molecule has 4 aromatic rings. The van der Waals surface area contributed by atoms with Gasteiger partial charge in [0.05, 0.1) is 12.2 Å². The normalized spacial score (nSPS) is 10.9. The van der Waals surface area contributed by atoms with Gasteiger partial charge in [-0.3, -0.25) is 9.48 Å². The number of hydrogen-bond donors (Lipinski definition) is 1. The molecule has 8 nitrogen and oxygen atoms in total. The molecule has 2 heterocycles. The molecule has 0 atom stereocenters. The third-order valence-corrected chi connectivity index (χ3v) is 4.62. The number of nitrogens with zero attached hydrogens (tertiary/aromatic N) is 6. The third kappa shape index (κ3) is 4.06. The lowest BCUT2D eigenvalue weighted by Crippen LogP contribution is -2.12. The standard InChI is InChI=1S/C21H21N7O/c1-14-10-15(2)28(24-14)13-16-6-4-9-19(11-16)22-21(29)18-8-5-7-17(12-18)20-23-25-26-27(20)3/h4-12H,13H2,1-3H3,(H,22,29). The summed E-state index contributed by atoms with van der Waals surface area (Å²) in [6.07, 6.45) is 0. The molecule has 0 aliphatic heterocycles. The quantitative estimate of drug-likeness (QED) is 0.568. The van der Waals surface area contributed by atoms with Gasteiger partial charge in [0.15, 0.2) is 5.82 Å². The average Bonchev–Trinajstić information content (AvgIpc) is 3.26. The van der Waals surface area contributed by atoms with E-state index in [4.69, 9.17) is 0 Å². The SMILES string of the molecule is Cc1cc(C)n(Cc2cccc(NC(=O)c3cccc(-c4nnnn4C)c3)c2)n1. The number of carbonyl (C=O) groups excluding carboxylic acids is 1. The van der Waals surface area contributed by atoms with Gasteiger partial charge in [0.25, 0.3) is 5.91 Å². The number of aryl methyl sites for hydroxylation is 3. The summed E-state index contributed by atoms with van der Waals surface area (Å²) in [5, 5.41) is 18.9. The lowest BCUT2D eigenvalue weighted by atomic mass is 10.1. The van der Waals surface area contributed by atoms with Crippen LogP contribution in [0.1, 0.15) is 27.3 Å². The Morgan fingerprint density at radius 3 is 2.62 bits per heavy atom. The highest BCUT2D eigenvalue weighted by molar-refractivity contribution is 6.04. The number of hydrogen-bond acceptors (Lipinski definition) is 5. The van der Waals surface area contributed by atoms with Gasteiger partial charge in [0.2, 0.25) is 0 Å². The van der Waals surface area contributed by atoms with E-state index in [0.29, 0.717) is 17.9 Å². The molecule has 0 aliphatic rings. The van der Waals surface area contributed by atoms with E-state index >= 15 is 0 Å². The first-order valence-corrected chi connectivity index (χ1v) is 9.24. The number of tetrazole rings is 1. The summed E-state index contributed by atoms with van der Waals surface area (Å²) in [4.78, 5) is 12.8. The maximum absolute atomic E-state index is 12.8. The van der Waals surface area contributed by atoms with E-state index in [1.165, 1.54) is 0 Å². The molecule has 8 heteroatoms. The lowest BCUT2D eigenvalue weighted by Gasteiger charge is -2.09. The summed E-state index contributed by atoms with van der Waals surface area (Å²) in [6.45, 7) is 4.66. The maximum atomic E-state index is 12.8. The topological polar surface area (TPSA) is 90.5 Å². The van der Waals surface area contributed by atoms with Gasteiger partial charge in [-0.2, -0.15) is 5.10 Å². The van der Waals surface area contributed by atoms with Crippen LogP contribution >= 0.6 is 0 Å². The van der Waals surface area contributed by atoms with Crippen LogP contribution in [-0.4, -0.2) is 35.9 Å². The maximum Gasteiger partial charge on any atom is 0.255 e. The summed E-state index contributed by atoms with van der Waals surface area (Å²) in [6, 6.07) is 17.1. The van der Waals surface area contributed by atoms with E-state index in [1.807, 2.05) is 61.0 Å². The van der Waals surface area contributed by atoms with Gasteiger partial charge >= 0.3 is 0 Å². The molecule has 4 rings (SSSR count). The van der Waals surface area contributed by atoms with Crippen LogP contribution in [0.3, 0.4) is 0 Å². The molecule has 1 N–H and O–H groups in total. The molecule has 29 heavy (non-hydrogen) atoms. The van der Waals surface area contributed by atoms with Crippen molar-refractivity contribution in [1.82, 2.24) is 30.0 Å². The Labute approximate surface area is 168 Å². The summed E-state index contributed by atoms with van der Waals surface area (Å²) in [7, 11) is 1.76. The van der Waals surface area contributed by atoms with E-state index in [0.717, 1.165) is 28.2 Å². The van der Waals surface area contributed by atoms with Crippen molar-refractivity contribution in [3.05, 3.63) is 77.1 Å². The molecule has 0 saturated heterocycles. The molecule has 0 aliphatic carbocycles. The van der Waals surface area contributed by atoms with Crippen molar-refractivity contribution in [2.45, 2.75) is 20.4 Å². The molecular formula is C21H21N7O. The number of benzene rings is 2. The summed E-state index contributed by atoms with van der Waals surface area (Å²) < 4.78 is 3.52. The molecule has 0 radical (unpaired) electrons. The van der Waals surface area contributed by atoms with E-state index in [9.17, 15) is 4.79 Å². The largest absolute Gasteiger partial charge is 0.322 e. The second-order valence-corrected chi connectivity index (χ2v) is 6.95. The minimum absolute atomic E-state index is 0.190. The highest BCUT2D eigenvalue weighted by Crippen LogP contribution is 2.19. The molecule has 0 unspecified atom stereocenters. The van der Waals surface area contributed by atoms with E-state index in [-0.39, 0.29) is 5.91 Å². The molecular weight excluding hydrogens is 366 g/mol. The monoisotopic (exact) mass is 387 g/mol. The Morgan fingerprint density at radius 2 is 1.90 bits per heavy atom. The molecule has 0 bridgehead atoms. The first-order chi connectivity index (χ1) is 14.0. The van der Waals surface area contributed by atoms with Gasteiger partial charge in [0.1, 0.15) is 0 Å². The summed E-state index contributed by atoms with van der Waals surface area (Å²) >= 11 is 0. The van der Waals surface area contributed by atoms with Crippen molar-refractivity contribution in [1.29, 1.82) is 0 Å². The van der Waals surface area contributed by atoms with Crippen LogP contribution < -0.4 is 5.32 Å². The third-order valence-electron chi connectivity index (χ3n) is 4.62. The van der Waals surface area contributed by atoms with Gasteiger partial charge in [-0.05, 0) is 60.2 Å². The lowest BCUT2D eigenvalue weighted by molar-refractivity contribution is 0.102. The summed E-state index contributed by atoms with van der Waals surface area (Å²) in [5.41, 5.74) is 5.21. The molecule has 1 amide bonds. The number of anilines is 1. The first kappa shape index (κ1) is 18.5. The van der Waals surface area contributed by atoms with Gasteiger partial charge < -0.3 is 5.32 Å². The Balaban J connectivity index is 1.52. The molecule has 2 aromatic carbocycles. The first-order valence-electron chi connectivity index (χ1n) is 9.24. The van der Waals surface area contributed by atoms with Crippen molar-refractivity contribution >= 4 is 11.6 Å². The predicted molar refractivity (Wildman–Crippen MR) is 109 cm³/mol. The fourth-order valence-corrected chi connectivity index (χ4v) is 3.23. The minimum Gasteiger partial charge on any atom is -0.322 e. The smallest absolute Gasteiger partial charge is 0.255 e. The van der Waals surface area contributed by atoms with Crippen molar-refractivity contribution in [3.63, 3.8) is 0 Å². The number of amides is 1. The highest BCUT2D eigenvalue weighted by Gasteiger charge is 2.11. The van der Waals surface area contributed by atoms with Crippen molar-refractivity contribution < 1.29 is 4.79 Å². The molecule has 146 valence electrons. The van der Waals surface area contributed by atoms with Crippen molar-refractivity contribution in [2.24, 2.45) is 7.05 Å². The Morgan fingerprint density at radius 1 is 1.07 bits per heavy atom. The van der Waals surface area contributed by atoms with Gasteiger partial charge in [-0.25, -0.2) is 4.68 Å². The zero-order valence-corrected chi connectivity index (χ0v) is 16.5. The minimum atomic E-state index is -0.190. The summed E-state index contributed by atoms with van der Waals surface area (Å²) in [5.74, 6) is 0.414. The molecule has 0 spiro atoms. The average molecular weight is 387 g/mol. The van der Waals surface area contributed by atoms with Crippen LogP contribution in [0.4, 0.5) is 5.69 Å².